The molecule has 0 spiro atoms. The first kappa shape index (κ1) is 28.3. The van der Waals surface area contributed by atoms with Crippen molar-refractivity contribution in [1.29, 1.82) is 0 Å². The molecule has 5 heteroatoms. The minimum Gasteiger partial charge on any atom is -0.168 e. The molecule has 0 atom stereocenters. The molecule has 162 valence electrons. The summed E-state index contributed by atoms with van der Waals surface area (Å²) < 4.78 is 0. The Morgan fingerprint density at radius 1 is 0.438 bits per heavy atom. The number of fused-ring (bicyclic) bond motifs is 1. The van der Waals surface area contributed by atoms with Crippen molar-refractivity contribution in [3.05, 3.63) is 127 Å². The average Bonchev–Trinajstić information content (AvgIpc) is 3.21. The Hall–Kier alpha value is -1.71. The van der Waals surface area contributed by atoms with Gasteiger partial charge in [0.25, 0.3) is 0 Å². The molecule has 0 amide bonds. The second kappa shape index (κ2) is 12.5. The molecule has 0 fully saturated rings. The predicted octanol–water partition coefficient (Wildman–Crippen LogP) is 5.20. The molecule has 0 saturated heterocycles. The molecule has 0 radical (unpaired) electrons. The third-order valence-electron chi connectivity index (χ3n) is 5.70. The standard InChI is InChI=1S/C27H21Si.3ClH.Ti/c1-4-13-23(14-5-1)28(24-15-6-2-7-16-24,25-17-8-3-9-18-25)27-21-20-22-12-10-11-19-26(22)27;;;;/h1-21H;3*1H;/q-1;;;;. The van der Waals surface area contributed by atoms with Crippen LogP contribution in [0, 0.1) is 0 Å². The summed E-state index contributed by atoms with van der Waals surface area (Å²) in [4.78, 5) is 0. The normalized spacial score (nSPS) is 10.1. The van der Waals surface area contributed by atoms with E-state index < -0.39 is 8.07 Å². The van der Waals surface area contributed by atoms with Gasteiger partial charge in [-0.1, -0.05) is 113 Å². The summed E-state index contributed by atoms with van der Waals surface area (Å²) in [6.07, 6.45) is 0. The fourth-order valence-corrected chi connectivity index (χ4v) is 9.48. The van der Waals surface area contributed by atoms with Gasteiger partial charge in [-0.2, -0.15) is 12.1 Å². The molecule has 0 aliphatic carbocycles. The van der Waals surface area contributed by atoms with E-state index in [2.05, 4.69) is 127 Å². The Labute approximate surface area is 224 Å². The van der Waals surface area contributed by atoms with Gasteiger partial charge in [-0.15, -0.1) is 71.4 Å². The molecule has 0 aliphatic heterocycles. The number of hydrogen-bond donors (Lipinski definition) is 0. The van der Waals surface area contributed by atoms with Gasteiger partial charge in [-0.25, -0.2) is 0 Å². The first-order valence-corrected chi connectivity index (χ1v) is 11.7. The molecule has 5 aromatic rings. The molecule has 5 rings (SSSR count). The zero-order chi connectivity index (χ0) is 18.8. The van der Waals surface area contributed by atoms with Crippen LogP contribution in [0.25, 0.3) is 10.8 Å². The summed E-state index contributed by atoms with van der Waals surface area (Å²) in [5.74, 6) is 0. The maximum atomic E-state index is 2.36. The van der Waals surface area contributed by atoms with Gasteiger partial charge in [0.1, 0.15) is 8.07 Å². The van der Waals surface area contributed by atoms with Crippen molar-refractivity contribution in [3.8, 4) is 0 Å². The molecule has 0 N–H and O–H groups in total. The van der Waals surface area contributed by atoms with E-state index >= 15 is 0 Å². The maximum Gasteiger partial charge on any atom is 0.134 e. The molecule has 0 aromatic heterocycles. The molecule has 5 aromatic carbocycles. The van der Waals surface area contributed by atoms with Crippen LogP contribution in [0.3, 0.4) is 0 Å². The molecule has 32 heavy (non-hydrogen) atoms. The molecule has 0 heterocycles. The number of benzene rings is 4. The van der Waals surface area contributed by atoms with Gasteiger partial charge < -0.3 is 0 Å². The second-order valence-corrected chi connectivity index (χ2v) is 11.0. The zero-order valence-electron chi connectivity index (χ0n) is 17.3. The summed E-state index contributed by atoms with van der Waals surface area (Å²) in [7, 11) is -2.41. The van der Waals surface area contributed by atoms with Crippen LogP contribution in [0.5, 0.6) is 0 Å². The minimum absolute atomic E-state index is 0. The number of rotatable bonds is 4. The Balaban J connectivity index is 0.00000128. The van der Waals surface area contributed by atoms with Gasteiger partial charge in [0.2, 0.25) is 0 Å². The van der Waals surface area contributed by atoms with E-state index in [0.29, 0.717) is 0 Å². The van der Waals surface area contributed by atoms with Crippen LogP contribution in [0.2, 0.25) is 0 Å². The SMILES string of the molecule is Cl.Cl.Cl.[Ti].c1ccc([Si](c2ccccc2)(c2ccccc2)[c-]2ccc3ccccc32)cc1. The average molecular weight is 531 g/mol. The van der Waals surface area contributed by atoms with Crippen molar-refractivity contribution in [2.45, 2.75) is 0 Å². The van der Waals surface area contributed by atoms with E-state index in [0.717, 1.165) is 0 Å². The fraction of sp³-hybridized carbons (Fsp3) is 0. The van der Waals surface area contributed by atoms with E-state index in [-0.39, 0.29) is 58.9 Å². The minimum atomic E-state index is -2.41. The molecule has 0 unspecified atom stereocenters. The Morgan fingerprint density at radius 2 is 0.812 bits per heavy atom. The fourth-order valence-electron chi connectivity index (χ4n) is 4.51. The zero-order valence-corrected chi connectivity index (χ0v) is 22.4. The van der Waals surface area contributed by atoms with Crippen LogP contribution in [-0.2, 0) is 21.7 Å². The van der Waals surface area contributed by atoms with Gasteiger partial charge in [0.15, 0.2) is 0 Å². The number of hydrogen-bond acceptors (Lipinski definition) is 0. The third-order valence-corrected chi connectivity index (χ3v) is 10.5. The quantitative estimate of drug-likeness (QED) is 0.170. The van der Waals surface area contributed by atoms with Crippen LogP contribution in [-0.4, -0.2) is 8.07 Å². The molecule has 0 saturated carbocycles. The molecular formula is C27H24Cl3SiTi-. The summed E-state index contributed by atoms with van der Waals surface area (Å²) in [5, 5.41) is 8.41. The monoisotopic (exact) mass is 529 g/mol. The molecule has 0 bridgehead atoms. The summed E-state index contributed by atoms with van der Waals surface area (Å²) in [6.45, 7) is 0. The van der Waals surface area contributed by atoms with Crippen molar-refractivity contribution in [3.63, 3.8) is 0 Å². The van der Waals surface area contributed by atoms with Crippen molar-refractivity contribution in [2.75, 3.05) is 0 Å². The second-order valence-electron chi connectivity index (χ2n) is 7.18. The smallest absolute Gasteiger partial charge is 0.134 e. The van der Waals surface area contributed by atoms with E-state index in [9.17, 15) is 0 Å². The van der Waals surface area contributed by atoms with Crippen LogP contribution >= 0.6 is 37.2 Å². The summed E-state index contributed by atoms with van der Waals surface area (Å²) in [6, 6.07) is 46.7. The summed E-state index contributed by atoms with van der Waals surface area (Å²) in [5.41, 5.74) is 0. The Kier molecular flexibility index (Phi) is 11.1. The van der Waals surface area contributed by atoms with E-state index in [1.54, 1.807) is 0 Å². The topological polar surface area (TPSA) is 0 Å². The van der Waals surface area contributed by atoms with Crippen molar-refractivity contribution in [2.24, 2.45) is 0 Å². The largest absolute Gasteiger partial charge is 0.168 e. The maximum absolute atomic E-state index is 2.41. The molecule has 0 aliphatic rings. The van der Waals surface area contributed by atoms with Gasteiger partial charge in [0.05, 0.1) is 0 Å². The van der Waals surface area contributed by atoms with Crippen LogP contribution in [0.4, 0.5) is 0 Å². The number of halogens is 3. The Morgan fingerprint density at radius 3 is 1.25 bits per heavy atom. The summed E-state index contributed by atoms with van der Waals surface area (Å²) >= 11 is 0. The van der Waals surface area contributed by atoms with Gasteiger partial charge in [-0.3, -0.25) is 0 Å². The predicted molar refractivity (Wildman–Crippen MR) is 145 cm³/mol. The van der Waals surface area contributed by atoms with Crippen molar-refractivity contribution < 1.29 is 21.7 Å². The Bertz CT molecular complexity index is 1110. The molecular weight excluding hydrogens is 507 g/mol. The first-order valence-electron chi connectivity index (χ1n) is 9.72. The molecule has 0 nitrogen and oxygen atoms in total. The van der Waals surface area contributed by atoms with E-state index in [1.807, 2.05) is 0 Å². The van der Waals surface area contributed by atoms with E-state index in [4.69, 9.17) is 0 Å². The first-order chi connectivity index (χ1) is 13.9. The van der Waals surface area contributed by atoms with Crippen LogP contribution < -0.4 is 20.7 Å². The van der Waals surface area contributed by atoms with Crippen LogP contribution in [0.1, 0.15) is 0 Å². The van der Waals surface area contributed by atoms with Crippen molar-refractivity contribution in [1.82, 2.24) is 0 Å². The third kappa shape index (κ3) is 4.79. The van der Waals surface area contributed by atoms with Crippen molar-refractivity contribution >= 4 is 76.8 Å². The van der Waals surface area contributed by atoms with E-state index in [1.165, 1.54) is 31.5 Å². The van der Waals surface area contributed by atoms with Gasteiger partial charge in [-0.05, 0) is 0 Å². The van der Waals surface area contributed by atoms with Gasteiger partial charge in [0, 0.05) is 21.7 Å². The van der Waals surface area contributed by atoms with Gasteiger partial charge >= 0.3 is 0 Å². The van der Waals surface area contributed by atoms with Crippen LogP contribution in [0.15, 0.2) is 127 Å².